The summed E-state index contributed by atoms with van der Waals surface area (Å²) >= 11 is 0. The maximum Gasteiger partial charge on any atom is 0.224 e. The van der Waals surface area contributed by atoms with E-state index in [4.69, 9.17) is 14.9 Å². The van der Waals surface area contributed by atoms with E-state index in [-0.39, 0.29) is 36.3 Å². The van der Waals surface area contributed by atoms with E-state index < -0.39 is 0 Å². The number of carbonyl (C=O) groups excluding carboxylic acids is 1. The SMILES string of the molecule is CCOc1cccc2cc(C(C)NC(=O)C(C)C(C)N)oc12.Cl. The van der Waals surface area contributed by atoms with Gasteiger partial charge in [0.05, 0.1) is 12.6 Å². The van der Waals surface area contributed by atoms with Gasteiger partial charge >= 0.3 is 0 Å². The van der Waals surface area contributed by atoms with Crippen LogP contribution in [0.1, 0.15) is 39.5 Å². The van der Waals surface area contributed by atoms with Crippen LogP contribution < -0.4 is 15.8 Å². The number of nitrogens with one attached hydrogen (secondary N) is 1. The minimum atomic E-state index is -0.245. The predicted octanol–water partition coefficient (Wildman–Crippen LogP) is 3.41. The van der Waals surface area contributed by atoms with Crippen LogP contribution in [0.3, 0.4) is 0 Å². The number of hydrogen-bond acceptors (Lipinski definition) is 4. The number of hydrogen-bond donors (Lipinski definition) is 2. The summed E-state index contributed by atoms with van der Waals surface area (Å²) in [6, 6.07) is 7.28. The third-order valence-electron chi connectivity index (χ3n) is 3.81. The molecule has 0 spiro atoms. The minimum Gasteiger partial charge on any atom is -0.490 e. The number of rotatable bonds is 6. The second kappa shape index (κ2) is 8.22. The highest BCUT2D eigenvalue weighted by Crippen LogP contribution is 2.31. The fourth-order valence-corrected chi connectivity index (χ4v) is 2.19. The smallest absolute Gasteiger partial charge is 0.224 e. The van der Waals surface area contributed by atoms with Crippen LogP contribution in [-0.2, 0) is 4.79 Å². The van der Waals surface area contributed by atoms with Crippen LogP contribution in [0.2, 0.25) is 0 Å². The van der Waals surface area contributed by atoms with Crippen molar-refractivity contribution in [2.24, 2.45) is 11.7 Å². The average molecular weight is 341 g/mol. The molecule has 3 N–H and O–H groups in total. The molecule has 23 heavy (non-hydrogen) atoms. The standard InChI is InChI=1S/C17H24N2O3.ClH/c1-5-21-14-8-6-7-13-9-15(22-16(13)14)12(4)19-17(20)10(2)11(3)18;/h6-12H,5,18H2,1-4H3,(H,19,20);1H. The first-order valence-electron chi connectivity index (χ1n) is 7.65. The Bertz CT molecular complexity index is 654. The number of nitrogens with two attached hydrogens (primary N) is 1. The summed E-state index contributed by atoms with van der Waals surface area (Å²) in [4.78, 5) is 12.1. The fraction of sp³-hybridized carbons (Fsp3) is 0.471. The van der Waals surface area contributed by atoms with E-state index in [1.165, 1.54) is 0 Å². The molecule has 0 saturated heterocycles. The first-order valence-corrected chi connectivity index (χ1v) is 7.65. The van der Waals surface area contributed by atoms with Crippen LogP contribution in [0.5, 0.6) is 5.75 Å². The Hall–Kier alpha value is -1.72. The van der Waals surface area contributed by atoms with E-state index in [1.807, 2.05) is 52.0 Å². The largest absolute Gasteiger partial charge is 0.490 e. The van der Waals surface area contributed by atoms with Crippen molar-refractivity contribution >= 4 is 29.3 Å². The lowest BCUT2D eigenvalue weighted by atomic mass is 10.0. The van der Waals surface area contributed by atoms with E-state index >= 15 is 0 Å². The number of fused-ring (bicyclic) bond motifs is 1. The van der Waals surface area contributed by atoms with Crippen molar-refractivity contribution < 1.29 is 13.9 Å². The normalized spacial score (nSPS) is 14.7. The van der Waals surface area contributed by atoms with Gasteiger partial charge in [-0.25, -0.2) is 0 Å². The molecule has 0 aliphatic carbocycles. The van der Waals surface area contributed by atoms with Crippen molar-refractivity contribution in [2.75, 3.05) is 6.61 Å². The van der Waals surface area contributed by atoms with E-state index in [9.17, 15) is 4.79 Å². The molecular weight excluding hydrogens is 316 g/mol. The highest BCUT2D eigenvalue weighted by Gasteiger charge is 2.21. The maximum absolute atomic E-state index is 12.1. The highest BCUT2D eigenvalue weighted by molar-refractivity contribution is 5.85. The zero-order valence-electron chi connectivity index (χ0n) is 14.0. The van der Waals surface area contributed by atoms with Crippen molar-refractivity contribution in [1.29, 1.82) is 0 Å². The minimum absolute atomic E-state index is 0. The van der Waals surface area contributed by atoms with E-state index in [0.29, 0.717) is 23.7 Å². The van der Waals surface area contributed by atoms with Crippen LogP contribution in [0, 0.1) is 5.92 Å². The molecule has 1 aromatic heterocycles. The number of carbonyl (C=O) groups is 1. The van der Waals surface area contributed by atoms with Gasteiger partial charge in [-0.15, -0.1) is 12.4 Å². The molecule has 1 heterocycles. The maximum atomic E-state index is 12.1. The second-order valence-corrected chi connectivity index (χ2v) is 5.63. The Morgan fingerprint density at radius 1 is 1.35 bits per heavy atom. The van der Waals surface area contributed by atoms with Gasteiger partial charge in [0.2, 0.25) is 5.91 Å². The average Bonchev–Trinajstić information content (AvgIpc) is 2.91. The molecule has 2 aromatic rings. The highest BCUT2D eigenvalue weighted by atomic mass is 35.5. The zero-order valence-corrected chi connectivity index (χ0v) is 14.8. The van der Waals surface area contributed by atoms with Gasteiger partial charge in [0, 0.05) is 17.3 Å². The number of ether oxygens (including phenoxy) is 1. The quantitative estimate of drug-likeness (QED) is 0.844. The Kier molecular flexibility index (Phi) is 6.91. The predicted molar refractivity (Wildman–Crippen MR) is 94.0 cm³/mol. The van der Waals surface area contributed by atoms with Crippen LogP contribution >= 0.6 is 12.4 Å². The topological polar surface area (TPSA) is 77.5 Å². The zero-order chi connectivity index (χ0) is 16.3. The van der Waals surface area contributed by atoms with Crippen molar-refractivity contribution in [3.05, 3.63) is 30.0 Å². The molecule has 1 aromatic carbocycles. The lowest BCUT2D eigenvalue weighted by Crippen LogP contribution is -2.39. The number of furan rings is 1. The Morgan fingerprint density at radius 3 is 2.65 bits per heavy atom. The monoisotopic (exact) mass is 340 g/mol. The van der Waals surface area contributed by atoms with Gasteiger partial charge in [0.25, 0.3) is 0 Å². The summed E-state index contributed by atoms with van der Waals surface area (Å²) in [5, 5.41) is 3.90. The summed E-state index contributed by atoms with van der Waals surface area (Å²) < 4.78 is 11.4. The third-order valence-corrected chi connectivity index (χ3v) is 3.81. The van der Waals surface area contributed by atoms with Gasteiger partial charge in [0.15, 0.2) is 11.3 Å². The molecule has 3 atom stereocenters. The lowest BCUT2D eigenvalue weighted by molar-refractivity contribution is -0.125. The van der Waals surface area contributed by atoms with Crippen LogP contribution in [-0.4, -0.2) is 18.6 Å². The van der Waals surface area contributed by atoms with Gasteiger partial charge in [-0.05, 0) is 32.9 Å². The first kappa shape index (κ1) is 19.3. The van der Waals surface area contributed by atoms with Gasteiger partial charge in [-0.2, -0.15) is 0 Å². The molecule has 3 unspecified atom stereocenters. The van der Waals surface area contributed by atoms with Gasteiger partial charge in [0.1, 0.15) is 5.76 Å². The molecule has 128 valence electrons. The molecule has 0 fully saturated rings. The molecule has 0 saturated carbocycles. The van der Waals surface area contributed by atoms with Gasteiger partial charge in [-0.3, -0.25) is 4.79 Å². The Labute approximate surface area is 143 Å². The molecule has 0 aliphatic heterocycles. The van der Waals surface area contributed by atoms with Crippen molar-refractivity contribution in [2.45, 2.75) is 39.8 Å². The van der Waals surface area contributed by atoms with E-state index in [0.717, 1.165) is 5.39 Å². The molecule has 6 heteroatoms. The molecule has 0 aliphatic rings. The Balaban J connectivity index is 0.00000264. The molecule has 2 rings (SSSR count). The van der Waals surface area contributed by atoms with Gasteiger partial charge in [-0.1, -0.05) is 19.1 Å². The van der Waals surface area contributed by atoms with Crippen molar-refractivity contribution in [3.63, 3.8) is 0 Å². The number of halogens is 1. The molecule has 0 bridgehead atoms. The van der Waals surface area contributed by atoms with Crippen molar-refractivity contribution in [3.8, 4) is 5.75 Å². The van der Waals surface area contributed by atoms with Crippen LogP contribution in [0.15, 0.2) is 28.7 Å². The summed E-state index contributed by atoms with van der Waals surface area (Å²) in [7, 11) is 0. The number of benzene rings is 1. The van der Waals surface area contributed by atoms with E-state index in [1.54, 1.807) is 0 Å². The fourth-order valence-electron chi connectivity index (χ4n) is 2.19. The molecular formula is C17H25ClN2O3. The summed E-state index contributed by atoms with van der Waals surface area (Å²) in [5.74, 6) is 1.10. The van der Waals surface area contributed by atoms with Crippen molar-refractivity contribution in [1.82, 2.24) is 5.32 Å². The molecule has 1 amide bonds. The summed E-state index contributed by atoms with van der Waals surface area (Å²) in [5.41, 5.74) is 6.47. The summed E-state index contributed by atoms with van der Waals surface area (Å²) in [6.45, 7) is 8.04. The molecule has 5 nitrogen and oxygen atoms in total. The number of amides is 1. The number of para-hydroxylation sites is 1. The van der Waals surface area contributed by atoms with Crippen LogP contribution in [0.4, 0.5) is 0 Å². The first-order chi connectivity index (χ1) is 10.4. The van der Waals surface area contributed by atoms with Crippen LogP contribution in [0.25, 0.3) is 11.0 Å². The lowest BCUT2D eigenvalue weighted by Gasteiger charge is -2.18. The second-order valence-electron chi connectivity index (χ2n) is 5.63. The third kappa shape index (κ3) is 4.39. The molecule has 0 radical (unpaired) electrons. The summed E-state index contributed by atoms with van der Waals surface area (Å²) in [6.07, 6.45) is 0. The van der Waals surface area contributed by atoms with Gasteiger partial charge < -0.3 is 20.2 Å². The Morgan fingerprint density at radius 2 is 2.04 bits per heavy atom. The van der Waals surface area contributed by atoms with E-state index in [2.05, 4.69) is 5.32 Å².